The molecule has 1 fully saturated rings. The minimum absolute atomic E-state index is 0.112. The number of aromatic nitrogens is 1. The van der Waals surface area contributed by atoms with Crippen LogP contribution < -0.4 is 5.32 Å². The minimum atomic E-state index is -0.197. The molecule has 0 atom stereocenters. The number of hydrogen-bond donors (Lipinski definition) is 2. The molecule has 0 radical (unpaired) electrons. The lowest BCUT2D eigenvalue weighted by molar-refractivity contribution is 0.0952. The maximum atomic E-state index is 12.0. The second-order valence-electron chi connectivity index (χ2n) is 6.94. The van der Waals surface area contributed by atoms with Crippen molar-refractivity contribution in [3.05, 3.63) is 77.3 Å². The Morgan fingerprint density at radius 1 is 1.15 bits per heavy atom. The third-order valence-electron chi connectivity index (χ3n) is 4.75. The fraction of sp³-hybridized carbons (Fsp3) is 0.364. The number of likely N-dealkylation sites (tertiary alicyclic amines) is 1. The van der Waals surface area contributed by atoms with Gasteiger partial charge in [-0.25, -0.2) is 0 Å². The van der Waals surface area contributed by atoms with E-state index in [9.17, 15) is 9.90 Å². The van der Waals surface area contributed by atoms with E-state index in [4.69, 9.17) is 0 Å². The van der Waals surface area contributed by atoms with Crippen molar-refractivity contribution in [3.8, 4) is 0 Å². The first-order chi connectivity index (χ1) is 13.2. The number of benzene rings is 1. The number of nitrogens with one attached hydrogen (secondary N) is 1. The molecule has 2 N–H and O–H groups in total. The van der Waals surface area contributed by atoms with Crippen molar-refractivity contribution in [2.45, 2.75) is 32.2 Å². The van der Waals surface area contributed by atoms with Gasteiger partial charge in [0.2, 0.25) is 0 Å². The van der Waals surface area contributed by atoms with E-state index in [1.54, 1.807) is 18.2 Å². The van der Waals surface area contributed by atoms with E-state index < -0.39 is 0 Å². The number of carbonyl (C=O) groups excluding carboxylic acids is 1. The number of aliphatic hydroxyl groups excluding tert-OH is 1. The van der Waals surface area contributed by atoms with Crippen LogP contribution in [0.3, 0.4) is 0 Å². The monoisotopic (exact) mass is 365 g/mol. The van der Waals surface area contributed by atoms with Crippen LogP contribution in [0.2, 0.25) is 0 Å². The first kappa shape index (κ1) is 19.1. The summed E-state index contributed by atoms with van der Waals surface area (Å²) in [5.41, 5.74) is 2.76. The normalized spacial score (nSPS) is 15.5. The molecule has 1 amide bonds. The Morgan fingerprint density at radius 3 is 2.70 bits per heavy atom. The highest BCUT2D eigenvalue weighted by Gasteiger charge is 2.10. The van der Waals surface area contributed by atoms with E-state index in [0.29, 0.717) is 12.0 Å². The molecule has 1 saturated heterocycles. The van der Waals surface area contributed by atoms with Crippen molar-refractivity contribution in [1.29, 1.82) is 0 Å². The molecule has 5 heteroatoms. The van der Waals surface area contributed by atoms with Crippen molar-refractivity contribution in [1.82, 2.24) is 15.2 Å². The van der Waals surface area contributed by atoms with Gasteiger partial charge in [0.25, 0.3) is 5.91 Å². The van der Waals surface area contributed by atoms with Crippen LogP contribution in [0, 0.1) is 0 Å². The number of allylic oxidation sites excluding steroid dienone is 1. The quantitative estimate of drug-likeness (QED) is 0.737. The van der Waals surface area contributed by atoms with Crippen LogP contribution in [0.1, 0.15) is 40.9 Å². The number of amides is 1. The zero-order valence-electron chi connectivity index (χ0n) is 15.6. The SMILES string of the molecule is O=C(NC/C(O)=C/Cc1cc(CN2CCCCC2)ccn1)c1ccccc1. The van der Waals surface area contributed by atoms with Crippen molar-refractivity contribution >= 4 is 5.91 Å². The second-order valence-corrected chi connectivity index (χ2v) is 6.94. The van der Waals surface area contributed by atoms with Crippen molar-refractivity contribution in [3.63, 3.8) is 0 Å². The van der Waals surface area contributed by atoms with Crippen LogP contribution in [-0.4, -0.2) is 40.5 Å². The average molecular weight is 365 g/mol. The first-order valence-electron chi connectivity index (χ1n) is 9.58. The van der Waals surface area contributed by atoms with E-state index in [1.165, 1.54) is 37.9 Å². The van der Waals surface area contributed by atoms with E-state index in [2.05, 4.69) is 27.3 Å². The van der Waals surface area contributed by atoms with Gasteiger partial charge in [-0.15, -0.1) is 0 Å². The first-order valence-corrected chi connectivity index (χ1v) is 9.58. The van der Waals surface area contributed by atoms with Crippen molar-refractivity contribution in [2.24, 2.45) is 0 Å². The molecule has 142 valence electrons. The maximum Gasteiger partial charge on any atom is 0.251 e. The highest BCUT2D eigenvalue weighted by Crippen LogP contribution is 2.13. The molecule has 0 spiro atoms. The van der Waals surface area contributed by atoms with Gasteiger partial charge in [-0.1, -0.05) is 24.6 Å². The highest BCUT2D eigenvalue weighted by atomic mass is 16.3. The predicted molar refractivity (Wildman–Crippen MR) is 107 cm³/mol. The van der Waals surface area contributed by atoms with Gasteiger partial charge in [-0.05, 0) is 61.8 Å². The number of rotatable bonds is 7. The van der Waals surface area contributed by atoms with Crippen LogP contribution in [-0.2, 0) is 13.0 Å². The summed E-state index contributed by atoms with van der Waals surface area (Å²) in [5.74, 6) is -0.0558. The fourth-order valence-corrected chi connectivity index (χ4v) is 3.27. The Hall–Kier alpha value is -2.66. The number of carbonyl (C=O) groups is 1. The van der Waals surface area contributed by atoms with Crippen LogP contribution in [0.25, 0.3) is 0 Å². The van der Waals surface area contributed by atoms with Gasteiger partial charge < -0.3 is 10.4 Å². The summed E-state index contributed by atoms with van der Waals surface area (Å²) in [7, 11) is 0. The molecular weight excluding hydrogens is 338 g/mol. The van der Waals surface area contributed by atoms with E-state index in [-0.39, 0.29) is 18.2 Å². The molecule has 0 unspecified atom stereocenters. The Bertz CT molecular complexity index is 768. The third-order valence-corrected chi connectivity index (χ3v) is 4.75. The number of aliphatic hydroxyl groups is 1. The van der Waals surface area contributed by atoms with E-state index in [0.717, 1.165) is 12.2 Å². The van der Waals surface area contributed by atoms with E-state index >= 15 is 0 Å². The number of nitrogens with zero attached hydrogens (tertiary/aromatic N) is 2. The number of pyridine rings is 1. The number of hydrogen-bond acceptors (Lipinski definition) is 4. The van der Waals surface area contributed by atoms with Crippen LogP contribution >= 0.6 is 0 Å². The van der Waals surface area contributed by atoms with Crippen LogP contribution in [0.5, 0.6) is 0 Å². The Balaban J connectivity index is 1.49. The van der Waals surface area contributed by atoms with E-state index in [1.807, 2.05) is 24.4 Å². The van der Waals surface area contributed by atoms with Crippen LogP contribution in [0.4, 0.5) is 0 Å². The lowest BCUT2D eigenvalue weighted by atomic mass is 10.1. The molecule has 2 heterocycles. The summed E-state index contributed by atoms with van der Waals surface area (Å²) in [6, 6.07) is 13.1. The molecule has 3 rings (SSSR count). The molecule has 27 heavy (non-hydrogen) atoms. The van der Waals surface area contributed by atoms with Crippen LogP contribution in [0.15, 0.2) is 60.5 Å². The summed E-state index contributed by atoms with van der Waals surface area (Å²) in [6.07, 6.45) is 7.98. The van der Waals surface area contributed by atoms with Crippen molar-refractivity contribution in [2.75, 3.05) is 19.6 Å². The molecule has 1 aliphatic rings. The van der Waals surface area contributed by atoms with Gasteiger partial charge in [0.05, 0.1) is 6.54 Å². The molecule has 1 aromatic heterocycles. The molecule has 1 aliphatic heterocycles. The zero-order valence-corrected chi connectivity index (χ0v) is 15.6. The van der Waals surface area contributed by atoms with Gasteiger partial charge in [-0.2, -0.15) is 0 Å². The fourth-order valence-electron chi connectivity index (χ4n) is 3.27. The van der Waals surface area contributed by atoms with Crippen molar-refractivity contribution < 1.29 is 9.90 Å². The van der Waals surface area contributed by atoms with Gasteiger partial charge >= 0.3 is 0 Å². The number of piperidine rings is 1. The lowest BCUT2D eigenvalue weighted by Crippen LogP contribution is -2.29. The van der Waals surface area contributed by atoms with Gasteiger partial charge in [-0.3, -0.25) is 14.7 Å². The Labute approximate surface area is 160 Å². The molecule has 5 nitrogen and oxygen atoms in total. The highest BCUT2D eigenvalue weighted by molar-refractivity contribution is 5.94. The summed E-state index contributed by atoms with van der Waals surface area (Å²) >= 11 is 0. The summed E-state index contributed by atoms with van der Waals surface area (Å²) in [6.45, 7) is 3.40. The summed E-state index contributed by atoms with van der Waals surface area (Å²) in [4.78, 5) is 18.9. The Morgan fingerprint density at radius 2 is 1.93 bits per heavy atom. The maximum absolute atomic E-state index is 12.0. The third kappa shape index (κ3) is 6.22. The molecule has 1 aromatic carbocycles. The second kappa shape index (κ2) is 9.88. The van der Waals surface area contributed by atoms with Gasteiger partial charge in [0.15, 0.2) is 0 Å². The average Bonchev–Trinajstić information content (AvgIpc) is 2.72. The summed E-state index contributed by atoms with van der Waals surface area (Å²) in [5, 5.41) is 12.8. The minimum Gasteiger partial charge on any atom is -0.511 e. The zero-order chi connectivity index (χ0) is 18.9. The standard InChI is InChI=1S/C22H27N3O2/c26-21(16-24-22(27)19-7-3-1-4-8-19)10-9-20-15-18(11-12-23-20)17-25-13-5-2-6-14-25/h1,3-4,7-8,10-12,15,26H,2,5-6,9,13-14,16-17H2,(H,24,27)/b21-10-. The topological polar surface area (TPSA) is 65.5 Å². The Kier molecular flexibility index (Phi) is 6.99. The smallest absolute Gasteiger partial charge is 0.251 e. The predicted octanol–water partition coefficient (Wildman–Crippen LogP) is 3.48. The largest absolute Gasteiger partial charge is 0.511 e. The molecule has 0 bridgehead atoms. The molecule has 0 aliphatic carbocycles. The molecule has 0 saturated carbocycles. The van der Waals surface area contributed by atoms with Gasteiger partial charge in [0.1, 0.15) is 5.76 Å². The summed E-state index contributed by atoms with van der Waals surface area (Å²) < 4.78 is 0. The van der Waals surface area contributed by atoms with Gasteiger partial charge in [0, 0.05) is 30.4 Å². The molecule has 2 aromatic rings. The lowest BCUT2D eigenvalue weighted by Gasteiger charge is -2.26. The molecular formula is C22H27N3O2.